The third kappa shape index (κ3) is 1.94. The molecule has 0 atom stereocenters. The zero-order valence-electron chi connectivity index (χ0n) is 9.88. The minimum atomic E-state index is -0.105. The van der Waals surface area contributed by atoms with Gasteiger partial charge in [-0.1, -0.05) is 17.7 Å². The van der Waals surface area contributed by atoms with Crippen LogP contribution in [-0.2, 0) is 4.79 Å². The predicted octanol–water partition coefficient (Wildman–Crippen LogP) is 3.21. The van der Waals surface area contributed by atoms with Gasteiger partial charge in [0.15, 0.2) is 5.78 Å². The molecule has 1 aromatic carbocycles. The van der Waals surface area contributed by atoms with Gasteiger partial charge in [0.05, 0.1) is 6.54 Å². The van der Waals surface area contributed by atoms with E-state index < -0.39 is 0 Å². The van der Waals surface area contributed by atoms with E-state index in [1.54, 1.807) is 0 Å². The average Bonchev–Trinajstić information content (AvgIpc) is 2.43. The van der Waals surface area contributed by atoms with E-state index in [0.717, 1.165) is 16.3 Å². The first kappa shape index (κ1) is 11.5. The van der Waals surface area contributed by atoms with E-state index in [1.165, 1.54) is 0 Å². The highest BCUT2D eigenvalue weighted by molar-refractivity contribution is 6.30. The van der Waals surface area contributed by atoms with Gasteiger partial charge in [0.2, 0.25) is 0 Å². The van der Waals surface area contributed by atoms with Gasteiger partial charge in [-0.2, -0.15) is 0 Å². The number of anilines is 1. The number of hydrogen-bond donors (Lipinski definition) is 0. The zero-order valence-corrected chi connectivity index (χ0v) is 10.6. The molecule has 0 aromatic heterocycles. The molecule has 0 saturated carbocycles. The van der Waals surface area contributed by atoms with Gasteiger partial charge in [-0.3, -0.25) is 4.79 Å². The Bertz CT molecular complexity index is 440. The Morgan fingerprint density at radius 1 is 1.38 bits per heavy atom. The van der Waals surface area contributed by atoms with Crippen LogP contribution in [0.3, 0.4) is 0 Å². The first-order valence-corrected chi connectivity index (χ1v) is 5.83. The molecule has 1 aliphatic rings. The smallest absolute Gasteiger partial charge is 0.154 e. The van der Waals surface area contributed by atoms with Crippen LogP contribution >= 0.6 is 11.6 Å². The van der Waals surface area contributed by atoms with E-state index in [9.17, 15) is 4.79 Å². The fraction of sp³-hybridized carbons (Fsp3) is 0.462. The molecule has 1 aliphatic heterocycles. The standard InChI is InChI=1S/C13H16ClNO/c1-9-4-5-10(14)6-12(9)15-8-11(16)7-13(15,2)3/h4-6H,7-8H2,1-3H3. The molecule has 3 heteroatoms. The molecule has 86 valence electrons. The maximum atomic E-state index is 11.6. The first-order chi connectivity index (χ1) is 7.40. The minimum Gasteiger partial charge on any atom is -0.358 e. The number of benzene rings is 1. The molecule has 2 rings (SSSR count). The second-order valence-corrected chi connectivity index (χ2v) is 5.48. The summed E-state index contributed by atoms with van der Waals surface area (Å²) in [6.07, 6.45) is 0.610. The summed E-state index contributed by atoms with van der Waals surface area (Å²) in [5.74, 6) is 0.296. The van der Waals surface area contributed by atoms with Crippen molar-refractivity contribution in [3.63, 3.8) is 0 Å². The molecule has 0 aliphatic carbocycles. The van der Waals surface area contributed by atoms with Gasteiger partial charge in [-0.15, -0.1) is 0 Å². The van der Waals surface area contributed by atoms with Crippen molar-refractivity contribution in [2.45, 2.75) is 32.7 Å². The number of nitrogens with zero attached hydrogens (tertiary/aromatic N) is 1. The maximum absolute atomic E-state index is 11.6. The van der Waals surface area contributed by atoms with Crippen molar-refractivity contribution in [2.24, 2.45) is 0 Å². The number of aryl methyl sites for hydroxylation is 1. The minimum absolute atomic E-state index is 0.105. The van der Waals surface area contributed by atoms with Crippen molar-refractivity contribution in [1.29, 1.82) is 0 Å². The van der Waals surface area contributed by atoms with E-state index in [1.807, 2.05) is 25.1 Å². The van der Waals surface area contributed by atoms with Gasteiger partial charge >= 0.3 is 0 Å². The van der Waals surface area contributed by atoms with E-state index >= 15 is 0 Å². The molecule has 16 heavy (non-hydrogen) atoms. The summed E-state index contributed by atoms with van der Waals surface area (Å²) in [5, 5.41) is 0.718. The van der Waals surface area contributed by atoms with E-state index in [-0.39, 0.29) is 5.54 Å². The first-order valence-electron chi connectivity index (χ1n) is 5.46. The molecular formula is C13H16ClNO. The molecule has 0 spiro atoms. The molecule has 0 N–H and O–H groups in total. The maximum Gasteiger partial charge on any atom is 0.154 e. The van der Waals surface area contributed by atoms with Crippen LogP contribution in [0.1, 0.15) is 25.8 Å². The monoisotopic (exact) mass is 237 g/mol. The number of halogens is 1. The van der Waals surface area contributed by atoms with Gasteiger partial charge in [0.1, 0.15) is 0 Å². The second-order valence-electron chi connectivity index (χ2n) is 5.04. The molecule has 1 aromatic rings. The van der Waals surface area contributed by atoms with Crippen molar-refractivity contribution in [3.05, 3.63) is 28.8 Å². The van der Waals surface area contributed by atoms with Crippen LogP contribution in [0.15, 0.2) is 18.2 Å². The summed E-state index contributed by atoms with van der Waals surface area (Å²) in [4.78, 5) is 13.7. The number of Topliss-reactive ketones (excluding diaryl/α,β-unsaturated/α-hetero) is 1. The number of carbonyl (C=O) groups is 1. The highest BCUT2D eigenvalue weighted by atomic mass is 35.5. The summed E-state index contributed by atoms with van der Waals surface area (Å²) in [5.41, 5.74) is 2.13. The lowest BCUT2D eigenvalue weighted by Gasteiger charge is -2.33. The molecule has 1 saturated heterocycles. The number of rotatable bonds is 1. The quantitative estimate of drug-likeness (QED) is 0.748. The number of ketones is 1. The predicted molar refractivity (Wildman–Crippen MR) is 67.2 cm³/mol. The van der Waals surface area contributed by atoms with Crippen LogP contribution in [-0.4, -0.2) is 17.9 Å². The van der Waals surface area contributed by atoms with E-state index in [2.05, 4.69) is 18.7 Å². The Balaban J connectivity index is 2.44. The molecule has 0 unspecified atom stereocenters. The van der Waals surface area contributed by atoms with Crippen molar-refractivity contribution in [1.82, 2.24) is 0 Å². The Morgan fingerprint density at radius 3 is 2.62 bits per heavy atom. The van der Waals surface area contributed by atoms with Crippen LogP contribution in [0.2, 0.25) is 5.02 Å². The van der Waals surface area contributed by atoms with Crippen molar-refractivity contribution in [3.8, 4) is 0 Å². The van der Waals surface area contributed by atoms with Gasteiger partial charge < -0.3 is 4.90 Å². The van der Waals surface area contributed by atoms with Gasteiger partial charge in [-0.25, -0.2) is 0 Å². The lowest BCUT2D eigenvalue weighted by atomic mass is 10.0. The summed E-state index contributed by atoms with van der Waals surface area (Å²) in [7, 11) is 0. The number of hydrogen-bond acceptors (Lipinski definition) is 2. The summed E-state index contributed by atoms with van der Waals surface area (Å²) in [6, 6.07) is 5.82. The molecule has 2 nitrogen and oxygen atoms in total. The third-order valence-corrected chi connectivity index (χ3v) is 3.39. The molecular weight excluding hydrogens is 222 g/mol. The van der Waals surface area contributed by atoms with Crippen LogP contribution in [0, 0.1) is 6.92 Å². The average molecular weight is 238 g/mol. The topological polar surface area (TPSA) is 20.3 Å². The van der Waals surface area contributed by atoms with Crippen LogP contribution in [0.25, 0.3) is 0 Å². The van der Waals surface area contributed by atoms with Gasteiger partial charge in [0.25, 0.3) is 0 Å². The molecule has 1 heterocycles. The number of carbonyl (C=O) groups excluding carboxylic acids is 1. The van der Waals surface area contributed by atoms with Crippen LogP contribution < -0.4 is 4.90 Å². The largest absolute Gasteiger partial charge is 0.358 e. The zero-order chi connectivity index (χ0) is 11.9. The lowest BCUT2D eigenvalue weighted by Crippen LogP contribution is -2.38. The van der Waals surface area contributed by atoms with Gasteiger partial charge in [-0.05, 0) is 38.5 Å². The van der Waals surface area contributed by atoms with Crippen molar-refractivity contribution >= 4 is 23.1 Å². The van der Waals surface area contributed by atoms with Crippen LogP contribution in [0.4, 0.5) is 5.69 Å². The third-order valence-electron chi connectivity index (χ3n) is 3.16. The normalized spacial score (nSPS) is 19.2. The summed E-state index contributed by atoms with van der Waals surface area (Å²) < 4.78 is 0. The highest BCUT2D eigenvalue weighted by Gasteiger charge is 2.37. The highest BCUT2D eigenvalue weighted by Crippen LogP contribution is 2.35. The SMILES string of the molecule is Cc1ccc(Cl)cc1N1CC(=O)CC1(C)C. The van der Waals surface area contributed by atoms with Crippen LogP contribution in [0.5, 0.6) is 0 Å². The molecule has 0 bridgehead atoms. The lowest BCUT2D eigenvalue weighted by molar-refractivity contribution is -0.116. The molecule has 0 amide bonds. The fourth-order valence-corrected chi connectivity index (χ4v) is 2.48. The van der Waals surface area contributed by atoms with Gasteiger partial charge in [0, 0.05) is 22.7 Å². The van der Waals surface area contributed by atoms with Crippen molar-refractivity contribution in [2.75, 3.05) is 11.4 Å². The molecule has 1 fully saturated rings. The Morgan fingerprint density at radius 2 is 2.06 bits per heavy atom. The Kier molecular flexibility index (Phi) is 2.70. The Labute approximate surface area is 101 Å². The Hall–Kier alpha value is -1.02. The van der Waals surface area contributed by atoms with E-state index in [0.29, 0.717) is 18.7 Å². The molecule has 0 radical (unpaired) electrons. The van der Waals surface area contributed by atoms with E-state index in [4.69, 9.17) is 11.6 Å². The summed E-state index contributed by atoms with van der Waals surface area (Å²) >= 11 is 6.01. The second kappa shape index (κ2) is 3.77. The summed E-state index contributed by atoms with van der Waals surface area (Å²) in [6.45, 7) is 6.73. The fourth-order valence-electron chi connectivity index (χ4n) is 2.31. The van der Waals surface area contributed by atoms with Crippen molar-refractivity contribution < 1.29 is 4.79 Å².